The second-order valence-corrected chi connectivity index (χ2v) is 9.42. The molecule has 4 heterocycles. The third-order valence-electron chi connectivity index (χ3n) is 6.70. The molecule has 1 amide bonds. The number of amides is 1. The van der Waals surface area contributed by atoms with Gasteiger partial charge in [-0.05, 0) is 25.1 Å². The van der Waals surface area contributed by atoms with E-state index in [0.717, 1.165) is 0 Å². The highest BCUT2D eigenvalue weighted by Gasteiger charge is 2.40. The lowest BCUT2D eigenvalue weighted by Gasteiger charge is -2.47. The van der Waals surface area contributed by atoms with Crippen molar-refractivity contribution >= 4 is 11.7 Å². The van der Waals surface area contributed by atoms with Gasteiger partial charge >= 0.3 is 6.18 Å². The second kappa shape index (κ2) is 10.7. The zero-order valence-electron chi connectivity index (χ0n) is 20.9. The van der Waals surface area contributed by atoms with Crippen LogP contribution in [0.1, 0.15) is 23.4 Å². The highest BCUT2D eigenvalue weighted by molar-refractivity contribution is 5.83. The number of aromatic nitrogens is 5. The molecule has 3 aromatic rings. The number of benzene rings is 1. The van der Waals surface area contributed by atoms with Gasteiger partial charge < -0.3 is 14.5 Å². The fraction of sp³-hybridized carbons (Fsp3) is 0.458. The maximum Gasteiger partial charge on any atom is 0.401 e. The number of rotatable bonds is 7. The van der Waals surface area contributed by atoms with Crippen molar-refractivity contribution in [3.8, 4) is 11.6 Å². The first-order valence-electron chi connectivity index (χ1n) is 12.2. The van der Waals surface area contributed by atoms with Crippen molar-refractivity contribution in [3.63, 3.8) is 0 Å². The summed E-state index contributed by atoms with van der Waals surface area (Å²) >= 11 is 0. The molecule has 2 aliphatic heterocycles. The lowest BCUT2D eigenvalue weighted by Crippen LogP contribution is -2.65. The van der Waals surface area contributed by atoms with Crippen LogP contribution in [0.25, 0.3) is 5.69 Å². The molecule has 0 spiro atoms. The number of alkyl halides is 5. The highest BCUT2D eigenvalue weighted by atomic mass is 19.4. The van der Waals surface area contributed by atoms with E-state index >= 15 is 0 Å². The predicted molar refractivity (Wildman–Crippen MR) is 128 cm³/mol. The van der Waals surface area contributed by atoms with Crippen LogP contribution in [0.4, 0.5) is 27.8 Å². The molecule has 0 aliphatic carbocycles. The van der Waals surface area contributed by atoms with Crippen LogP contribution in [0.2, 0.25) is 0 Å². The van der Waals surface area contributed by atoms with Gasteiger partial charge in [-0.25, -0.2) is 13.5 Å². The smallest absolute Gasteiger partial charge is 0.401 e. The van der Waals surface area contributed by atoms with Crippen molar-refractivity contribution in [3.05, 3.63) is 53.3 Å². The van der Waals surface area contributed by atoms with Crippen LogP contribution < -0.4 is 9.64 Å². The molecule has 1 aromatic carbocycles. The molecule has 2 aromatic heterocycles. The third-order valence-corrected chi connectivity index (χ3v) is 6.70. The number of carbonyl (C=O) groups is 1. The number of carbonyl (C=O) groups excluding carboxylic acids is 1. The minimum atomic E-state index is -4.30. The van der Waals surface area contributed by atoms with Crippen LogP contribution in [-0.4, -0.2) is 92.4 Å². The van der Waals surface area contributed by atoms with Gasteiger partial charge in [0.1, 0.15) is 12.3 Å². The minimum Gasteiger partial charge on any atom is -0.470 e. The molecule has 1 atom stereocenters. The van der Waals surface area contributed by atoms with Gasteiger partial charge in [-0.2, -0.15) is 13.2 Å². The number of hydrogen-bond acceptors (Lipinski definition) is 8. The monoisotopic (exact) mass is 552 g/mol. The fourth-order valence-corrected chi connectivity index (χ4v) is 4.76. The molecule has 2 aliphatic rings. The number of halogens is 5. The summed E-state index contributed by atoms with van der Waals surface area (Å²) in [6.45, 7) is 1.71. The Morgan fingerprint density at radius 3 is 2.46 bits per heavy atom. The quantitative estimate of drug-likeness (QED) is 0.414. The van der Waals surface area contributed by atoms with E-state index in [1.54, 1.807) is 28.9 Å². The maximum absolute atomic E-state index is 12.9. The van der Waals surface area contributed by atoms with Crippen LogP contribution in [0.15, 0.2) is 36.4 Å². The number of ether oxygens (including phenoxy) is 1. The molecule has 2 saturated heterocycles. The van der Waals surface area contributed by atoms with Crippen molar-refractivity contribution in [1.29, 1.82) is 0 Å². The number of hydrogen-bond donors (Lipinski definition) is 0. The summed E-state index contributed by atoms with van der Waals surface area (Å²) in [7, 11) is 0. The zero-order valence-corrected chi connectivity index (χ0v) is 20.9. The summed E-state index contributed by atoms with van der Waals surface area (Å²) in [6.07, 6.45) is -6.87. The first-order chi connectivity index (χ1) is 18.6. The van der Waals surface area contributed by atoms with E-state index in [1.807, 2.05) is 0 Å². The van der Waals surface area contributed by atoms with Gasteiger partial charge in [-0.3, -0.25) is 9.69 Å². The van der Waals surface area contributed by atoms with Crippen molar-refractivity contribution in [1.82, 2.24) is 35.0 Å². The Kier molecular flexibility index (Phi) is 7.34. The molecule has 15 heteroatoms. The fourth-order valence-electron chi connectivity index (χ4n) is 4.76. The SMILES string of the molecule is Cc1nnn(-c2ccc(C(F)F)cc2)c1COc1ccc(N2CC(=O)N3CCN(CC(F)(F)F)CC3C2)nn1. The summed E-state index contributed by atoms with van der Waals surface area (Å²) in [5.74, 6) is 0.432. The Hall–Kier alpha value is -3.88. The first-order valence-corrected chi connectivity index (χ1v) is 12.2. The molecule has 2 fully saturated rings. The molecule has 39 heavy (non-hydrogen) atoms. The van der Waals surface area contributed by atoms with E-state index in [-0.39, 0.29) is 56.2 Å². The number of anilines is 1. The molecule has 208 valence electrons. The van der Waals surface area contributed by atoms with Gasteiger partial charge in [0.15, 0.2) is 5.82 Å². The van der Waals surface area contributed by atoms with Crippen molar-refractivity contribution < 1.29 is 31.5 Å². The summed E-state index contributed by atoms with van der Waals surface area (Å²) in [6, 6.07) is 8.50. The summed E-state index contributed by atoms with van der Waals surface area (Å²) in [4.78, 5) is 17.3. The van der Waals surface area contributed by atoms with Gasteiger partial charge in [0, 0.05) is 37.8 Å². The normalized spacial score (nSPS) is 18.5. The topological polar surface area (TPSA) is 92.5 Å². The zero-order chi connectivity index (χ0) is 27.7. The first kappa shape index (κ1) is 26.7. The van der Waals surface area contributed by atoms with E-state index in [0.29, 0.717) is 29.4 Å². The van der Waals surface area contributed by atoms with Crippen LogP contribution in [0.3, 0.4) is 0 Å². The Labute approximate surface area is 219 Å². The lowest BCUT2D eigenvalue weighted by atomic mass is 10.1. The van der Waals surface area contributed by atoms with E-state index in [2.05, 4.69) is 20.5 Å². The number of aryl methyl sites for hydroxylation is 1. The highest BCUT2D eigenvalue weighted by Crippen LogP contribution is 2.25. The molecule has 0 radical (unpaired) electrons. The summed E-state index contributed by atoms with van der Waals surface area (Å²) in [5, 5.41) is 16.3. The number of piperazine rings is 2. The molecule has 1 unspecified atom stereocenters. The number of fused-ring (bicyclic) bond motifs is 1. The van der Waals surface area contributed by atoms with Gasteiger partial charge in [0.05, 0.1) is 30.5 Å². The Balaban J connectivity index is 1.22. The third kappa shape index (κ3) is 6.08. The van der Waals surface area contributed by atoms with Gasteiger partial charge in [-0.1, -0.05) is 17.3 Å². The van der Waals surface area contributed by atoms with Crippen molar-refractivity contribution in [2.75, 3.05) is 44.2 Å². The molecule has 0 N–H and O–H groups in total. The average molecular weight is 553 g/mol. The minimum absolute atomic E-state index is 0.0255. The van der Waals surface area contributed by atoms with E-state index in [9.17, 15) is 26.7 Å². The van der Waals surface area contributed by atoms with Gasteiger partial charge in [0.2, 0.25) is 11.8 Å². The van der Waals surface area contributed by atoms with Crippen LogP contribution in [0, 0.1) is 6.92 Å². The Morgan fingerprint density at radius 2 is 1.79 bits per heavy atom. The molecular formula is C24H25F5N8O2. The van der Waals surface area contributed by atoms with Crippen molar-refractivity contribution in [2.24, 2.45) is 0 Å². The number of nitrogens with zero attached hydrogens (tertiary/aromatic N) is 8. The average Bonchev–Trinajstić information content (AvgIpc) is 3.26. The van der Waals surface area contributed by atoms with Crippen LogP contribution >= 0.6 is 0 Å². The van der Waals surface area contributed by atoms with Crippen LogP contribution in [-0.2, 0) is 11.4 Å². The summed E-state index contributed by atoms with van der Waals surface area (Å²) < 4.78 is 71.5. The molecular weight excluding hydrogens is 527 g/mol. The predicted octanol–water partition coefficient (Wildman–Crippen LogP) is 2.78. The van der Waals surface area contributed by atoms with E-state index < -0.39 is 19.1 Å². The standard InChI is InChI=1S/C24H25F5N8O2/c1-15-19(37(33-30-15)17-4-2-16(3-5-17)23(25)26)13-39-21-7-6-20(31-32-21)35-11-18-10-34(14-24(27,28)29)8-9-36(18)22(38)12-35/h2-7,18,23H,8-14H2,1H3. The molecule has 0 saturated carbocycles. The van der Waals surface area contributed by atoms with Gasteiger partial charge in [-0.15, -0.1) is 15.3 Å². The second-order valence-electron chi connectivity index (χ2n) is 9.42. The Bertz CT molecular complexity index is 1300. The summed E-state index contributed by atoms with van der Waals surface area (Å²) in [5.41, 5.74) is 1.61. The van der Waals surface area contributed by atoms with Gasteiger partial charge in [0.25, 0.3) is 6.43 Å². The largest absolute Gasteiger partial charge is 0.470 e. The van der Waals surface area contributed by atoms with E-state index in [1.165, 1.54) is 33.8 Å². The molecule has 0 bridgehead atoms. The van der Waals surface area contributed by atoms with E-state index in [4.69, 9.17) is 4.74 Å². The lowest BCUT2D eigenvalue weighted by molar-refractivity contribution is -0.155. The molecule has 10 nitrogen and oxygen atoms in total. The molecule has 5 rings (SSSR count). The maximum atomic E-state index is 12.9. The van der Waals surface area contributed by atoms with Crippen LogP contribution in [0.5, 0.6) is 5.88 Å². The Morgan fingerprint density at radius 1 is 1.03 bits per heavy atom. The van der Waals surface area contributed by atoms with Crippen molar-refractivity contribution in [2.45, 2.75) is 32.2 Å².